The van der Waals surface area contributed by atoms with Crippen molar-refractivity contribution >= 4 is 11.7 Å². The van der Waals surface area contributed by atoms with Crippen molar-refractivity contribution in [3.8, 4) is 0 Å². The number of hydrogen-bond acceptors (Lipinski definition) is 2. The molecule has 21 heavy (non-hydrogen) atoms. The predicted molar refractivity (Wildman–Crippen MR) is 82.7 cm³/mol. The summed E-state index contributed by atoms with van der Waals surface area (Å²) in [5.41, 5.74) is 5.90. The van der Waals surface area contributed by atoms with Gasteiger partial charge in [-0.2, -0.15) is 0 Å². The molecule has 0 radical (unpaired) electrons. The summed E-state index contributed by atoms with van der Waals surface area (Å²) in [6.45, 7) is 2.95. The molecule has 2 rings (SSSR count). The third-order valence-electron chi connectivity index (χ3n) is 4.41. The molecular weight excluding hydrogens is 269 g/mol. The summed E-state index contributed by atoms with van der Waals surface area (Å²) in [6.07, 6.45) is 5.19. The highest BCUT2D eigenvalue weighted by Crippen LogP contribution is 2.33. The van der Waals surface area contributed by atoms with Gasteiger partial charge in [-0.05, 0) is 31.9 Å². The minimum atomic E-state index is -0.424. The molecule has 116 valence electrons. The Morgan fingerprint density at radius 2 is 2.00 bits per heavy atom. The number of benzene rings is 1. The molecule has 1 saturated carbocycles. The van der Waals surface area contributed by atoms with E-state index in [4.69, 9.17) is 5.73 Å². The van der Waals surface area contributed by atoms with Gasteiger partial charge in [0.1, 0.15) is 5.82 Å². The van der Waals surface area contributed by atoms with E-state index in [0.29, 0.717) is 13.1 Å². The van der Waals surface area contributed by atoms with Crippen LogP contribution in [0.5, 0.6) is 0 Å². The SMILES string of the molecule is CCN(C(=O)Nc1ccccc1F)C1(CN)CCCCC1. The van der Waals surface area contributed by atoms with Gasteiger partial charge in [0.05, 0.1) is 11.2 Å². The van der Waals surface area contributed by atoms with Crippen molar-refractivity contribution in [2.75, 3.05) is 18.4 Å². The van der Waals surface area contributed by atoms with Gasteiger partial charge in [0.15, 0.2) is 0 Å². The van der Waals surface area contributed by atoms with Crippen molar-refractivity contribution in [3.63, 3.8) is 0 Å². The minimum Gasteiger partial charge on any atom is -0.328 e. The lowest BCUT2D eigenvalue weighted by Gasteiger charge is -2.45. The first-order chi connectivity index (χ1) is 10.1. The number of halogens is 1. The molecule has 0 heterocycles. The Labute approximate surface area is 125 Å². The number of rotatable bonds is 4. The largest absolute Gasteiger partial charge is 0.328 e. The maximum Gasteiger partial charge on any atom is 0.322 e. The standard InChI is InChI=1S/C16H24FN3O/c1-2-20(16(12-18)10-6-3-7-11-16)15(21)19-14-9-5-4-8-13(14)17/h4-5,8-9H,2-3,6-7,10-12,18H2,1H3,(H,19,21). The number of carbonyl (C=O) groups is 1. The maximum atomic E-state index is 13.7. The third-order valence-corrected chi connectivity index (χ3v) is 4.41. The van der Waals surface area contributed by atoms with Gasteiger partial charge in [0.2, 0.25) is 0 Å². The second-order valence-electron chi connectivity index (χ2n) is 5.64. The summed E-state index contributed by atoms with van der Waals surface area (Å²) in [7, 11) is 0. The Kier molecular flexibility index (Phi) is 5.17. The number of amides is 2. The lowest BCUT2D eigenvalue weighted by atomic mass is 9.80. The van der Waals surface area contributed by atoms with Gasteiger partial charge in [-0.3, -0.25) is 0 Å². The smallest absolute Gasteiger partial charge is 0.322 e. The molecule has 0 unspecified atom stereocenters. The Hall–Kier alpha value is -1.62. The lowest BCUT2D eigenvalue weighted by Crippen LogP contribution is -2.58. The number of hydrogen-bond donors (Lipinski definition) is 2. The summed E-state index contributed by atoms with van der Waals surface area (Å²) in [5, 5.41) is 2.67. The van der Waals surface area contributed by atoms with Crippen LogP contribution in [0.3, 0.4) is 0 Å². The van der Waals surface area contributed by atoms with Gasteiger partial charge in [-0.25, -0.2) is 9.18 Å². The third kappa shape index (κ3) is 3.35. The van der Waals surface area contributed by atoms with Crippen LogP contribution in [0, 0.1) is 5.82 Å². The zero-order valence-corrected chi connectivity index (χ0v) is 12.6. The Morgan fingerprint density at radius 3 is 2.57 bits per heavy atom. The van der Waals surface area contributed by atoms with Crippen LogP contribution in [0.4, 0.5) is 14.9 Å². The van der Waals surface area contributed by atoms with Crippen molar-refractivity contribution in [2.24, 2.45) is 5.73 Å². The zero-order valence-electron chi connectivity index (χ0n) is 12.6. The topological polar surface area (TPSA) is 58.4 Å². The van der Waals surface area contributed by atoms with Crippen LogP contribution in [0.15, 0.2) is 24.3 Å². The molecule has 0 atom stereocenters. The monoisotopic (exact) mass is 293 g/mol. The molecule has 1 aliphatic rings. The molecule has 1 fully saturated rings. The summed E-state index contributed by atoms with van der Waals surface area (Å²) in [6, 6.07) is 5.94. The normalized spacial score (nSPS) is 17.3. The van der Waals surface area contributed by atoms with E-state index in [2.05, 4.69) is 5.32 Å². The first kappa shape index (κ1) is 15.8. The van der Waals surface area contributed by atoms with E-state index in [1.807, 2.05) is 6.92 Å². The van der Waals surface area contributed by atoms with Crippen molar-refractivity contribution in [1.82, 2.24) is 4.90 Å². The average molecular weight is 293 g/mol. The van der Waals surface area contributed by atoms with E-state index >= 15 is 0 Å². The molecule has 5 heteroatoms. The van der Waals surface area contributed by atoms with Gasteiger partial charge in [0, 0.05) is 13.1 Å². The molecule has 0 saturated heterocycles. The van der Waals surface area contributed by atoms with Crippen molar-refractivity contribution < 1.29 is 9.18 Å². The Balaban J connectivity index is 2.16. The summed E-state index contributed by atoms with van der Waals surface area (Å²) < 4.78 is 13.7. The molecule has 0 bridgehead atoms. The minimum absolute atomic E-state index is 0.212. The van der Waals surface area contributed by atoms with Crippen LogP contribution in [-0.2, 0) is 0 Å². The van der Waals surface area contributed by atoms with Gasteiger partial charge in [-0.1, -0.05) is 31.4 Å². The second-order valence-corrected chi connectivity index (χ2v) is 5.64. The number of anilines is 1. The van der Waals surface area contributed by atoms with E-state index < -0.39 is 5.82 Å². The van der Waals surface area contributed by atoms with Gasteiger partial charge in [0.25, 0.3) is 0 Å². The van der Waals surface area contributed by atoms with Crippen LogP contribution < -0.4 is 11.1 Å². The molecule has 0 aromatic heterocycles. The van der Waals surface area contributed by atoms with Gasteiger partial charge in [-0.15, -0.1) is 0 Å². The van der Waals surface area contributed by atoms with Crippen molar-refractivity contribution in [2.45, 2.75) is 44.6 Å². The van der Waals surface area contributed by atoms with E-state index in [1.165, 1.54) is 12.5 Å². The molecule has 1 aliphatic carbocycles. The first-order valence-corrected chi connectivity index (χ1v) is 7.66. The number of carbonyl (C=O) groups excluding carboxylic acids is 1. The molecule has 3 N–H and O–H groups in total. The highest BCUT2D eigenvalue weighted by molar-refractivity contribution is 5.90. The van der Waals surface area contributed by atoms with Gasteiger partial charge >= 0.3 is 6.03 Å². The summed E-state index contributed by atoms with van der Waals surface area (Å²) >= 11 is 0. The van der Waals surface area contributed by atoms with E-state index in [0.717, 1.165) is 25.7 Å². The number of nitrogens with one attached hydrogen (secondary N) is 1. The average Bonchev–Trinajstić information content (AvgIpc) is 2.51. The number of nitrogens with zero attached hydrogens (tertiary/aromatic N) is 1. The molecule has 1 aromatic carbocycles. The van der Waals surface area contributed by atoms with E-state index in [1.54, 1.807) is 23.1 Å². The molecule has 4 nitrogen and oxygen atoms in total. The van der Waals surface area contributed by atoms with Crippen LogP contribution >= 0.6 is 0 Å². The maximum absolute atomic E-state index is 13.7. The predicted octanol–water partition coefficient (Wildman–Crippen LogP) is 3.34. The quantitative estimate of drug-likeness (QED) is 0.894. The molecule has 0 aliphatic heterocycles. The summed E-state index contributed by atoms with van der Waals surface area (Å²) in [5.74, 6) is -0.424. The fraction of sp³-hybridized carbons (Fsp3) is 0.562. The molecular formula is C16H24FN3O. The van der Waals surface area contributed by atoms with Crippen molar-refractivity contribution in [3.05, 3.63) is 30.1 Å². The number of para-hydroxylation sites is 1. The Morgan fingerprint density at radius 1 is 1.33 bits per heavy atom. The zero-order chi connectivity index (χ0) is 15.3. The lowest BCUT2D eigenvalue weighted by molar-refractivity contribution is 0.0953. The second kappa shape index (κ2) is 6.89. The van der Waals surface area contributed by atoms with Gasteiger partial charge < -0.3 is 16.0 Å². The number of urea groups is 1. The highest BCUT2D eigenvalue weighted by Gasteiger charge is 2.38. The van der Waals surface area contributed by atoms with Crippen LogP contribution in [0.25, 0.3) is 0 Å². The first-order valence-electron chi connectivity index (χ1n) is 7.66. The Bertz CT molecular complexity index is 486. The molecule has 1 aromatic rings. The van der Waals surface area contributed by atoms with Crippen LogP contribution in [-0.4, -0.2) is 29.6 Å². The number of likely N-dealkylation sites (N-methyl/N-ethyl adjacent to an activating group) is 1. The van der Waals surface area contributed by atoms with E-state index in [-0.39, 0.29) is 17.3 Å². The number of nitrogens with two attached hydrogens (primary N) is 1. The fourth-order valence-electron chi connectivity index (χ4n) is 3.23. The molecule has 2 amide bonds. The van der Waals surface area contributed by atoms with Crippen LogP contribution in [0.2, 0.25) is 0 Å². The fourth-order valence-corrected chi connectivity index (χ4v) is 3.23. The van der Waals surface area contributed by atoms with Crippen molar-refractivity contribution in [1.29, 1.82) is 0 Å². The summed E-state index contributed by atoms with van der Waals surface area (Å²) in [4.78, 5) is 14.3. The highest BCUT2D eigenvalue weighted by atomic mass is 19.1. The van der Waals surface area contributed by atoms with Crippen LogP contribution in [0.1, 0.15) is 39.0 Å². The molecule has 0 spiro atoms. The van der Waals surface area contributed by atoms with E-state index in [9.17, 15) is 9.18 Å².